The Hall–Kier alpha value is -2.23. The number of hydrogen-bond acceptors (Lipinski definition) is 6. The van der Waals surface area contributed by atoms with Crippen molar-refractivity contribution in [1.82, 2.24) is 14.7 Å². The van der Waals surface area contributed by atoms with Crippen LogP contribution in [-0.4, -0.2) is 68.5 Å². The van der Waals surface area contributed by atoms with E-state index in [0.29, 0.717) is 55.5 Å². The molecule has 0 N–H and O–H groups in total. The van der Waals surface area contributed by atoms with Gasteiger partial charge in [0.2, 0.25) is 0 Å². The van der Waals surface area contributed by atoms with Gasteiger partial charge >= 0.3 is 0 Å². The van der Waals surface area contributed by atoms with Crippen LogP contribution >= 0.6 is 0 Å². The number of sulfone groups is 1. The van der Waals surface area contributed by atoms with Crippen LogP contribution in [0.1, 0.15) is 34.9 Å². The Balaban J connectivity index is 1.68. The van der Waals surface area contributed by atoms with Crippen molar-refractivity contribution in [3.05, 3.63) is 35.5 Å². The summed E-state index contributed by atoms with van der Waals surface area (Å²) >= 11 is 0. The second-order valence-corrected chi connectivity index (χ2v) is 9.58. The van der Waals surface area contributed by atoms with E-state index in [9.17, 15) is 13.2 Å². The minimum atomic E-state index is -3.53. The van der Waals surface area contributed by atoms with E-state index in [4.69, 9.17) is 14.6 Å². The summed E-state index contributed by atoms with van der Waals surface area (Å²) in [6, 6.07) is 7.09. The molecule has 1 aromatic heterocycles. The molecule has 3 aliphatic rings. The number of amides is 1. The average molecular weight is 417 g/mol. The fourth-order valence-corrected chi connectivity index (χ4v) is 5.97. The van der Waals surface area contributed by atoms with E-state index in [2.05, 4.69) is 0 Å². The van der Waals surface area contributed by atoms with Crippen LogP contribution in [0.15, 0.2) is 29.2 Å². The van der Waals surface area contributed by atoms with Crippen LogP contribution in [0.5, 0.6) is 0 Å². The SMILES string of the molecule is O=C(c1nn(C2CCOCC2)c2c1CS(=O)(=O)c1ccccc1-2)N1CCOCC1. The molecule has 0 radical (unpaired) electrons. The minimum absolute atomic E-state index is 0.0811. The lowest BCUT2D eigenvalue weighted by Gasteiger charge is -2.26. The predicted octanol–water partition coefficient (Wildman–Crippen LogP) is 1.66. The molecule has 5 rings (SSSR count). The first-order valence-corrected chi connectivity index (χ1v) is 11.6. The molecule has 1 amide bonds. The summed E-state index contributed by atoms with van der Waals surface area (Å²) in [5, 5.41) is 4.72. The quantitative estimate of drug-likeness (QED) is 0.738. The van der Waals surface area contributed by atoms with Crippen molar-refractivity contribution in [2.24, 2.45) is 0 Å². The Bertz CT molecular complexity index is 1050. The maximum absolute atomic E-state index is 13.3. The van der Waals surface area contributed by atoms with Crippen molar-refractivity contribution >= 4 is 15.7 Å². The molecule has 0 aliphatic carbocycles. The largest absolute Gasteiger partial charge is 0.381 e. The summed E-state index contributed by atoms with van der Waals surface area (Å²) in [7, 11) is -3.53. The van der Waals surface area contributed by atoms with Crippen LogP contribution in [0.3, 0.4) is 0 Å². The van der Waals surface area contributed by atoms with Crippen molar-refractivity contribution < 1.29 is 22.7 Å². The smallest absolute Gasteiger partial charge is 0.274 e. The third-order valence-electron chi connectivity index (χ3n) is 5.86. The van der Waals surface area contributed by atoms with E-state index in [1.807, 2.05) is 16.8 Å². The maximum Gasteiger partial charge on any atom is 0.274 e. The normalized spacial score (nSPS) is 21.4. The highest BCUT2D eigenvalue weighted by Gasteiger charge is 2.38. The summed E-state index contributed by atoms with van der Waals surface area (Å²) in [4.78, 5) is 15.3. The van der Waals surface area contributed by atoms with Gasteiger partial charge in [0.1, 0.15) is 0 Å². The molecule has 154 valence electrons. The molecule has 9 heteroatoms. The third-order valence-corrected chi connectivity index (χ3v) is 7.55. The Morgan fingerprint density at radius 2 is 1.72 bits per heavy atom. The number of rotatable bonds is 2. The first kappa shape index (κ1) is 18.8. The highest BCUT2D eigenvalue weighted by Crippen LogP contribution is 2.41. The van der Waals surface area contributed by atoms with Crippen molar-refractivity contribution in [3.8, 4) is 11.3 Å². The number of morpholine rings is 1. The Morgan fingerprint density at radius 3 is 2.48 bits per heavy atom. The zero-order valence-electron chi connectivity index (χ0n) is 16.0. The fraction of sp³-hybridized carbons (Fsp3) is 0.500. The lowest BCUT2D eigenvalue weighted by molar-refractivity contribution is 0.0296. The molecule has 2 saturated heterocycles. The molecule has 0 bridgehead atoms. The van der Waals surface area contributed by atoms with E-state index in [1.54, 1.807) is 17.0 Å². The molecule has 4 heterocycles. The number of hydrogen-bond donors (Lipinski definition) is 0. The van der Waals surface area contributed by atoms with Gasteiger partial charge in [-0.25, -0.2) is 8.42 Å². The molecule has 1 aromatic carbocycles. The molecular weight excluding hydrogens is 394 g/mol. The van der Waals surface area contributed by atoms with Gasteiger partial charge in [-0.3, -0.25) is 9.48 Å². The summed E-state index contributed by atoms with van der Waals surface area (Å²) in [6.45, 7) is 3.20. The molecule has 0 saturated carbocycles. The van der Waals surface area contributed by atoms with Crippen molar-refractivity contribution in [2.45, 2.75) is 29.5 Å². The Labute approximate surface area is 169 Å². The molecular formula is C20H23N3O5S. The van der Waals surface area contributed by atoms with Gasteiger partial charge in [-0.05, 0) is 18.9 Å². The fourth-order valence-electron chi connectivity index (χ4n) is 4.37. The van der Waals surface area contributed by atoms with Gasteiger partial charge < -0.3 is 14.4 Å². The monoisotopic (exact) mass is 417 g/mol. The Kier molecular flexibility index (Phi) is 4.68. The first-order chi connectivity index (χ1) is 14.1. The molecule has 0 atom stereocenters. The molecule has 0 spiro atoms. The predicted molar refractivity (Wildman–Crippen MR) is 104 cm³/mol. The summed E-state index contributed by atoms with van der Waals surface area (Å²) < 4.78 is 38.7. The number of benzene rings is 1. The van der Waals surface area contributed by atoms with E-state index >= 15 is 0 Å². The van der Waals surface area contributed by atoms with Crippen LogP contribution in [-0.2, 0) is 25.1 Å². The topological polar surface area (TPSA) is 90.7 Å². The average Bonchev–Trinajstić information content (AvgIpc) is 3.13. The van der Waals surface area contributed by atoms with Gasteiger partial charge in [-0.15, -0.1) is 0 Å². The van der Waals surface area contributed by atoms with Crippen LogP contribution in [0.25, 0.3) is 11.3 Å². The van der Waals surface area contributed by atoms with Crippen molar-refractivity contribution in [2.75, 3.05) is 39.5 Å². The molecule has 2 fully saturated rings. The van der Waals surface area contributed by atoms with Gasteiger partial charge in [0.05, 0.1) is 35.6 Å². The van der Waals surface area contributed by atoms with Crippen LogP contribution in [0.2, 0.25) is 0 Å². The number of aromatic nitrogens is 2. The standard InChI is InChI=1S/C20H23N3O5S/c24-20(22-7-11-28-12-8-22)18-16-13-29(25,26)17-4-2-1-3-15(17)19(16)23(21-18)14-5-9-27-10-6-14/h1-4,14H,5-13H2. The molecule has 8 nitrogen and oxygen atoms in total. The van der Waals surface area contributed by atoms with Crippen LogP contribution in [0.4, 0.5) is 0 Å². The van der Waals surface area contributed by atoms with Gasteiger partial charge in [0.25, 0.3) is 5.91 Å². The van der Waals surface area contributed by atoms with E-state index in [-0.39, 0.29) is 23.4 Å². The highest BCUT2D eigenvalue weighted by molar-refractivity contribution is 7.90. The third kappa shape index (κ3) is 3.17. The van der Waals surface area contributed by atoms with E-state index < -0.39 is 9.84 Å². The second-order valence-electron chi connectivity index (χ2n) is 7.62. The molecule has 2 aromatic rings. The number of carbonyl (C=O) groups excluding carboxylic acids is 1. The number of ether oxygens (including phenoxy) is 2. The summed E-state index contributed by atoms with van der Waals surface area (Å²) in [5.74, 6) is -0.418. The highest BCUT2D eigenvalue weighted by atomic mass is 32.2. The Morgan fingerprint density at radius 1 is 1.03 bits per heavy atom. The van der Waals surface area contributed by atoms with Crippen molar-refractivity contribution in [3.63, 3.8) is 0 Å². The molecule has 29 heavy (non-hydrogen) atoms. The van der Waals surface area contributed by atoms with E-state index in [1.165, 1.54) is 0 Å². The second kappa shape index (κ2) is 7.23. The zero-order valence-corrected chi connectivity index (χ0v) is 16.9. The lowest BCUT2D eigenvalue weighted by atomic mass is 10.0. The number of carbonyl (C=O) groups is 1. The number of fused-ring (bicyclic) bond motifs is 3. The van der Waals surface area contributed by atoms with Crippen LogP contribution in [0, 0.1) is 0 Å². The lowest BCUT2D eigenvalue weighted by Crippen LogP contribution is -2.41. The summed E-state index contributed by atoms with van der Waals surface area (Å²) in [6.07, 6.45) is 1.57. The number of nitrogens with zero attached hydrogens (tertiary/aromatic N) is 3. The van der Waals surface area contributed by atoms with Gasteiger partial charge in [0, 0.05) is 37.4 Å². The molecule has 0 unspecified atom stereocenters. The first-order valence-electron chi connectivity index (χ1n) is 9.94. The minimum Gasteiger partial charge on any atom is -0.381 e. The molecule has 3 aliphatic heterocycles. The van der Waals surface area contributed by atoms with Crippen LogP contribution < -0.4 is 0 Å². The van der Waals surface area contributed by atoms with Crippen molar-refractivity contribution in [1.29, 1.82) is 0 Å². The van der Waals surface area contributed by atoms with E-state index in [0.717, 1.165) is 18.5 Å². The maximum atomic E-state index is 13.3. The van der Waals surface area contributed by atoms with Gasteiger partial charge in [0.15, 0.2) is 15.5 Å². The van der Waals surface area contributed by atoms with Gasteiger partial charge in [-0.2, -0.15) is 5.10 Å². The van der Waals surface area contributed by atoms with Gasteiger partial charge in [-0.1, -0.05) is 18.2 Å². The summed E-state index contributed by atoms with van der Waals surface area (Å²) in [5.41, 5.74) is 2.17. The zero-order chi connectivity index (χ0) is 20.0.